The molecule has 6 aliphatic rings. The lowest BCUT2D eigenvalue weighted by Gasteiger charge is -2.39. The summed E-state index contributed by atoms with van der Waals surface area (Å²) in [6, 6.07) is 44.5. The van der Waals surface area contributed by atoms with Gasteiger partial charge in [0.1, 0.15) is 11.2 Å². The SMILES string of the molecule is CC1CC=CC2=C1C1(C3=C(C=CCC3)c3ccc(N(c4ccc5c(c4)C(C)(C)c4c(C(C)(C)C)ccc(C6=CC(C(C)(C)C)=CC(C(C)(C)C)C6)c4-5)c4cccc5oc6ccccc6c45)cc31)c1ccccc12. The minimum Gasteiger partial charge on any atom is -0.456 e. The van der Waals surface area contributed by atoms with Crippen molar-refractivity contribution >= 4 is 55.7 Å². The first-order chi connectivity index (χ1) is 34.8. The highest BCUT2D eigenvalue weighted by Gasteiger charge is 2.55. The first-order valence-electron chi connectivity index (χ1n) is 27.3. The molecular formula is C71H71NO. The molecule has 0 saturated carbocycles. The number of nitrogens with zero attached hydrogens (tertiary/aromatic N) is 1. The molecule has 3 unspecified atom stereocenters. The van der Waals surface area contributed by atoms with E-state index in [2.05, 4.69) is 240 Å². The number of para-hydroxylation sites is 1. The number of hydrogen-bond acceptors (Lipinski definition) is 2. The zero-order valence-corrected chi connectivity index (χ0v) is 45.3. The summed E-state index contributed by atoms with van der Waals surface area (Å²) in [4.78, 5) is 2.58. The Morgan fingerprint density at radius 2 is 1.32 bits per heavy atom. The van der Waals surface area contributed by atoms with E-state index in [0.29, 0.717) is 11.8 Å². The molecule has 1 aromatic heterocycles. The van der Waals surface area contributed by atoms with Crippen LogP contribution in [0, 0.1) is 22.7 Å². The van der Waals surface area contributed by atoms with Crippen molar-refractivity contribution in [3.63, 3.8) is 0 Å². The number of fused-ring (bicyclic) bond motifs is 14. The molecule has 1 heterocycles. The molecule has 0 N–H and O–H groups in total. The zero-order valence-electron chi connectivity index (χ0n) is 45.3. The van der Waals surface area contributed by atoms with Crippen LogP contribution in [0.15, 0.2) is 173 Å². The number of rotatable bonds is 4. The molecular weight excluding hydrogens is 883 g/mol. The van der Waals surface area contributed by atoms with Gasteiger partial charge >= 0.3 is 0 Å². The predicted octanol–water partition coefficient (Wildman–Crippen LogP) is 19.8. The number of hydrogen-bond donors (Lipinski definition) is 0. The summed E-state index contributed by atoms with van der Waals surface area (Å²) in [7, 11) is 0. The lowest BCUT2D eigenvalue weighted by atomic mass is 9.63. The number of furan rings is 1. The summed E-state index contributed by atoms with van der Waals surface area (Å²) in [5, 5.41) is 2.27. The van der Waals surface area contributed by atoms with Gasteiger partial charge in [-0.15, -0.1) is 0 Å². The van der Waals surface area contributed by atoms with Crippen molar-refractivity contribution in [2.24, 2.45) is 22.7 Å². The van der Waals surface area contributed by atoms with Crippen molar-refractivity contribution in [3.05, 3.63) is 213 Å². The summed E-state index contributed by atoms with van der Waals surface area (Å²) < 4.78 is 6.70. The lowest BCUT2D eigenvalue weighted by Crippen LogP contribution is -2.32. The summed E-state index contributed by atoms with van der Waals surface area (Å²) >= 11 is 0. The first kappa shape index (κ1) is 46.2. The van der Waals surface area contributed by atoms with Gasteiger partial charge in [-0.05, 0) is 185 Å². The monoisotopic (exact) mass is 954 g/mol. The molecule has 0 saturated heterocycles. The Balaban J connectivity index is 1.06. The van der Waals surface area contributed by atoms with Gasteiger partial charge in [-0.1, -0.05) is 192 Å². The van der Waals surface area contributed by atoms with Gasteiger partial charge in [0, 0.05) is 22.2 Å². The topological polar surface area (TPSA) is 16.4 Å². The Bertz CT molecular complexity index is 3730. The third-order valence-electron chi connectivity index (χ3n) is 18.1. The largest absolute Gasteiger partial charge is 0.456 e. The van der Waals surface area contributed by atoms with Crippen molar-refractivity contribution in [1.82, 2.24) is 0 Å². The van der Waals surface area contributed by atoms with Gasteiger partial charge in [0.2, 0.25) is 0 Å². The second kappa shape index (κ2) is 15.7. The Morgan fingerprint density at radius 1 is 0.630 bits per heavy atom. The highest BCUT2D eigenvalue weighted by Crippen LogP contribution is 2.66. The zero-order chi connectivity index (χ0) is 50.7. The van der Waals surface area contributed by atoms with Gasteiger partial charge in [0.15, 0.2) is 0 Å². The third kappa shape index (κ3) is 6.60. The van der Waals surface area contributed by atoms with Gasteiger partial charge < -0.3 is 9.32 Å². The van der Waals surface area contributed by atoms with Gasteiger partial charge in [-0.25, -0.2) is 0 Å². The molecule has 6 aliphatic carbocycles. The van der Waals surface area contributed by atoms with Crippen LogP contribution in [-0.2, 0) is 16.2 Å². The van der Waals surface area contributed by atoms with E-state index in [1.54, 1.807) is 11.1 Å². The van der Waals surface area contributed by atoms with Crippen molar-refractivity contribution in [2.75, 3.05) is 4.90 Å². The number of anilines is 3. The number of allylic oxidation sites excluding steroid dienone is 12. The smallest absolute Gasteiger partial charge is 0.137 e. The average molecular weight is 954 g/mol. The van der Waals surface area contributed by atoms with E-state index in [4.69, 9.17) is 4.42 Å². The molecule has 0 fully saturated rings. The molecule has 0 radical (unpaired) electrons. The fourth-order valence-electron chi connectivity index (χ4n) is 14.5. The van der Waals surface area contributed by atoms with Gasteiger partial charge in [0.25, 0.3) is 0 Å². The lowest BCUT2D eigenvalue weighted by molar-refractivity contribution is 0.292. The second-order valence-electron chi connectivity index (χ2n) is 26.0. The van der Waals surface area contributed by atoms with Crippen LogP contribution in [0.1, 0.15) is 153 Å². The van der Waals surface area contributed by atoms with E-state index in [9.17, 15) is 0 Å². The Hall–Kier alpha value is -6.64. The molecule has 0 aliphatic heterocycles. The number of benzene rings is 6. The van der Waals surface area contributed by atoms with E-state index < -0.39 is 0 Å². The van der Waals surface area contributed by atoms with Crippen molar-refractivity contribution in [1.29, 1.82) is 0 Å². The fraction of sp³-hybridized carbons (Fsp3) is 0.324. The molecule has 13 rings (SSSR count). The van der Waals surface area contributed by atoms with Crippen molar-refractivity contribution in [3.8, 4) is 11.1 Å². The van der Waals surface area contributed by atoms with E-state index in [0.717, 1.165) is 64.7 Å². The standard InChI is InChI=1S/C71H71NO/c1-42-21-19-25-52-50-23-14-17-27-56(50)71(65(42)52)55-26-16-13-22-49(55)51-33-31-47(41-59(51)71)72(60-28-20-30-62-64(60)54-24-15-18-29-61(54)73-62)46-32-34-53-58(40-46)70(11,12)66-57(69(8,9)10)36-35-48(63(53)66)43-37-44(67(2,3)4)39-45(38-43)68(5,6)7/h13-15,17-20,22-25,27-37,39-42,45H,16,21,26,38H2,1-12H3. The molecule has 6 aromatic carbocycles. The molecule has 1 spiro atoms. The van der Waals surface area contributed by atoms with Crippen LogP contribution in [0.2, 0.25) is 0 Å². The minimum atomic E-state index is -0.329. The minimum absolute atomic E-state index is 0.0395. The molecule has 7 aromatic rings. The van der Waals surface area contributed by atoms with Gasteiger partial charge in [-0.3, -0.25) is 0 Å². The highest BCUT2D eigenvalue weighted by molar-refractivity contribution is 6.13. The van der Waals surface area contributed by atoms with E-state index in [1.807, 2.05) is 0 Å². The average Bonchev–Trinajstić information content (AvgIpc) is 4.06. The van der Waals surface area contributed by atoms with Crippen LogP contribution in [0.4, 0.5) is 17.1 Å². The summed E-state index contributed by atoms with van der Waals surface area (Å²) in [6.45, 7) is 29.0. The van der Waals surface area contributed by atoms with E-state index in [1.165, 1.54) is 77.9 Å². The molecule has 2 nitrogen and oxygen atoms in total. The maximum atomic E-state index is 6.70. The van der Waals surface area contributed by atoms with Crippen LogP contribution in [0.3, 0.4) is 0 Å². The Labute approximate surface area is 434 Å². The van der Waals surface area contributed by atoms with Gasteiger partial charge in [0.05, 0.1) is 16.5 Å². The molecule has 366 valence electrons. The first-order valence-corrected chi connectivity index (χ1v) is 27.3. The predicted molar refractivity (Wildman–Crippen MR) is 310 cm³/mol. The van der Waals surface area contributed by atoms with Crippen molar-refractivity contribution in [2.45, 2.75) is 125 Å². The van der Waals surface area contributed by atoms with E-state index in [-0.39, 0.29) is 27.1 Å². The van der Waals surface area contributed by atoms with Crippen LogP contribution >= 0.6 is 0 Å². The molecule has 3 atom stereocenters. The van der Waals surface area contributed by atoms with Crippen LogP contribution < -0.4 is 4.90 Å². The van der Waals surface area contributed by atoms with Crippen molar-refractivity contribution < 1.29 is 4.42 Å². The summed E-state index contributed by atoms with van der Waals surface area (Å²) in [5.41, 5.74) is 27.8. The normalized spacial score (nSPS) is 21.6. The van der Waals surface area contributed by atoms with Crippen LogP contribution in [-0.4, -0.2) is 0 Å². The maximum absolute atomic E-state index is 6.70. The molecule has 2 heteroatoms. The molecule has 0 amide bonds. The van der Waals surface area contributed by atoms with Crippen LogP contribution in [0.25, 0.3) is 49.8 Å². The van der Waals surface area contributed by atoms with Crippen LogP contribution in [0.5, 0.6) is 0 Å². The Kier molecular flexibility index (Phi) is 9.92. The Morgan fingerprint density at radius 3 is 2.08 bits per heavy atom. The fourth-order valence-corrected chi connectivity index (χ4v) is 14.5. The summed E-state index contributed by atoms with van der Waals surface area (Å²) in [5.74, 6) is 0.847. The van der Waals surface area contributed by atoms with E-state index >= 15 is 0 Å². The van der Waals surface area contributed by atoms with Gasteiger partial charge in [-0.2, -0.15) is 0 Å². The second-order valence-corrected chi connectivity index (χ2v) is 26.0. The molecule has 73 heavy (non-hydrogen) atoms. The highest BCUT2D eigenvalue weighted by atomic mass is 16.3. The quantitative estimate of drug-likeness (QED) is 0.175. The molecule has 0 bridgehead atoms. The maximum Gasteiger partial charge on any atom is 0.137 e. The summed E-state index contributed by atoms with van der Waals surface area (Å²) in [6.07, 6.45) is 19.0. The third-order valence-corrected chi connectivity index (χ3v) is 18.1.